The highest BCUT2D eigenvalue weighted by atomic mass is 16.5. The standard InChI is InChI=1S/C11H20N2O3/c1-10(2,3)16-7-6-13-9(15)12-8(14)11(13,4)5/h6-7H2,1-5H3,(H,12,14,15). The van der Waals surface area contributed by atoms with Crippen molar-refractivity contribution in [2.45, 2.75) is 45.8 Å². The predicted octanol–water partition coefficient (Wildman–Crippen LogP) is 1.13. The molecule has 1 saturated heterocycles. The Balaban J connectivity index is 2.54. The molecule has 1 fully saturated rings. The summed E-state index contributed by atoms with van der Waals surface area (Å²) >= 11 is 0. The number of nitrogens with zero attached hydrogens (tertiary/aromatic N) is 1. The third-order valence-corrected chi connectivity index (χ3v) is 2.55. The van der Waals surface area contributed by atoms with Gasteiger partial charge < -0.3 is 9.64 Å². The Labute approximate surface area is 96.1 Å². The van der Waals surface area contributed by atoms with E-state index in [0.29, 0.717) is 13.2 Å². The Hall–Kier alpha value is -1.10. The molecule has 1 heterocycles. The number of nitrogens with one attached hydrogen (secondary N) is 1. The van der Waals surface area contributed by atoms with Crippen LogP contribution in [0.3, 0.4) is 0 Å². The number of urea groups is 1. The molecule has 3 amide bonds. The largest absolute Gasteiger partial charge is 0.374 e. The van der Waals surface area contributed by atoms with Crippen LogP contribution in [0.1, 0.15) is 34.6 Å². The van der Waals surface area contributed by atoms with E-state index in [0.717, 1.165) is 0 Å². The number of rotatable bonds is 3. The average molecular weight is 228 g/mol. The lowest BCUT2D eigenvalue weighted by molar-refractivity contribution is -0.125. The van der Waals surface area contributed by atoms with Gasteiger partial charge in [0.2, 0.25) is 0 Å². The Kier molecular flexibility index (Phi) is 3.28. The van der Waals surface area contributed by atoms with Gasteiger partial charge >= 0.3 is 6.03 Å². The quantitative estimate of drug-likeness (QED) is 0.737. The molecule has 0 saturated carbocycles. The lowest BCUT2D eigenvalue weighted by atomic mass is 10.0. The Morgan fingerprint density at radius 1 is 1.31 bits per heavy atom. The smallest absolute Gasteiger partial charge is 0.325 e. The van der Waals surface area contributed by atoms with E-state index in [1.807, 2.05) is 20.8 Å². The summed E-state index contributed by atoms with van der Waals surface area (Å²) in [6, 6.07) is -0.340. The molecule has 0 unspecified atom stereocenters. The van der Waals surface area contributed by atoms with Gasteiger partial charge in [0.15, 0.2) is 0 Å². The van der Waals surface area contributed by atoms with Crippen molar-refractivity contribution < 1.29 is 14.3 Å². The van der Waals surface area contributed by atoms with Gasteiger partial charge in [0, 0.05) is 6.54 Å². The first-order valence-electron chi connectivity index (χ1n) is 5.41. The van der Waals surface area contributed by atoms with Gasteiger partial charge in [-0.1, -0.05) is 0 Å². The van der Waals surface area contributed by atoms with Crippen molar-refractivity contribution in [3.05, 3.63) is 0 Å². The molecule has 0 aromatic rings. The van der Waals surface area contributed by atoms with E-state index in [1.54, 1.807) is 13.8 Å². The number of amides is 3. The summed E-state index contributed by atoms with van der Waals surface area (Å²) < 4.78 is 5.54. The third-order valence-electron chi connectivity index (χ3n) is 2.55. The minimum absolute atomic E-state index is 0.232. The van der Waals surface area contributed by atoms with Crippen LogP contribution in [0.15, 0.2) is 0 Å². The maximum Gasteiger partial charge on any atom is 0.325 e. The fourth-order valence-electron chi connectivity index (χ4n) is 1.52. The van der Waals surface area contributed by atoms with Crippen LogP contribution in [0, 0.1) is 0 Å². The van der Waals surface area contributed by atoms with Crippen molar-refractivity contribution in [1.29, 1.82) is 0 Å². The van der Waals surface area contributed by atoms with Crippen LogP contribution in [-0.4, -0.2) is 41.1 Å². The normalized spacial score (nSPS) is 20.2. The molecule has 0 aromatic carbocycles. The average Bonchev–Trinajstić information content (AvgIpc) is 2.26. The van der Waals surface area contributed by atoms with Gasteiger partial charge in [0.25, 0.3) is 5.91 Å². The highest BCUT2D eigenvalue weighted by molar-refractivity contribution is 6.06. The second-order valence-electron chi connectivity index (χ2n) is 5.43. The minimum Gasteiger partial charge on any atom is -0.374 e. The number of carbonyl (C=O) groups is 2. The van der Waals surface area contributed by atoms with Gasteiger partial charge in [-0.25, -0.2) is 4.79 Å². The van der Waals surface area contributed by atoms with Crippen LogP contribution in [-0.2, 0) is 9.53 Å². The first-order valence-corrected chi connectivity index (χ1v) is 5.41. The molecule has 1 aliphatic rings. The van der Waals surface area contributed by atoms with Gasteiger partial charge in [0.05, 0.1) is 12.2 Å². The summed E-state index contributed by atoms with van der Waals surface area (Å²) in [5.74, 6) is -0.256. The van der Waals surface area contributed by atoms with Crippen LogP contribution in [0.2, 0.25) is 0 Å². The summed E-state index contributed by atoms with van der Waals surface area (Å²) in [5, 5.41) is 2.30. The SMILES string of the molecule is CC(C)(C)OCCN1C(=O)NC(=O)C1(C)C. The first kappa shape index (κ1) is 13.0. The third kappa shape index (κ3) is 2.72. The molecule has 0 aliphatic carbocycles. The van der Waals surface area contributed by atoms with E-state index in [2.05, 4.69) is 5.32 Å². The number of imide groups is 1. The second-order valence-corrected chi connectivity index (χ2v) is 5.43. The molecule has 0 bridgehead atoms. The molecular formula is C11H20N2O3. The molecule has 1 rings (SSSR count). The van der Waals surface area contributed by atoms with E-state index >= 15 is 0 Å². The first-order chi connectivity index (χ1) is 7.14. The van der Waals surface area contributed by atoms with Crippen molar-refractivity contribution in [3.63, 3.8) is 0 Å². The molecule has 0 spiro atoms. The van der Waals surface area contributed by atoms with Crippen LogP contribution in [0.5, 0.6) is 0 Å². The molecule has 5 heteroatoms. The topological polar surface area (TPSA) is 58.6 Å². The fourth-order valence-corrected chi connectivity index (χ4v) is 1.52. The molecule has 1 N–H and O–H groups in total. The van der Waals surface area contributed by atoms with E-state index in [-0.39, 0.29) is 17.5 Å². The summed E-state index contributed by atoms with van der Waals surface area (Å²) in [4.78, 5) is 24.5. The molecule has 0 aromatic heterocycles. The lowest BCUT2D eigenvalue weighted by Crippen LogP contribution is -2.46. The highest BCUT2D eigenvalue weighted by Gasteiger charge is 2.45. The summed E-state index contributed by atoms with van der Waals surface area (Å²) in [6.07, 6.45) is 0. The van der Waals surface area contributed by atoms with Crippen LogP contribution in [0.25, 0.3) is 0 Å². The minimum atomic E-state index is -0.779. The van der Waals surface area contributed by atoms with Crippen LogP contribution >= 0.6 is 0 Å². The number of carbonyl (C=O) groups excluding carboxylic acids is 2. The van der Waals surface area contributed by atoms with Crippen LogP contribution in [0.4, 0.5) is 4.79 Å². The predicted molar refractivity (Wildman–Crippen MR) is 60.0 cm³/mol. The molecule has 0 atom stereocenters. The monoisotopic (exact) mass is 228 g/mol. The summed E-state index contributed by atoms with van der Waals surface area (Å²) in [7, 11) is 0. The Bertz CT molecular complexity index is 305. The van der Waals surface area contributed by atoms with Crippen molar-refractivity contribution in [3.8, 4) is 0 Å². The van der Waals surface area contributed by atoms with Gasteiger partial charge in [0.1, 0.15) is 5.54 Å². The molecule has 5 nitrogen and oxygen atoms in total. The number of ether oxygens (including phenoxy) is 1. The second kappa shape index (κ2) is 4.05. The summed E-state index contributed by atoms with van der Waals surface area (Å²) in [5.41, 5.74) is -1.01. The zero-order chi connectivity index (χ0) is 12.6. The highest BCUT2D eigenvalue weighted by Crippen LogP contribution is 2.20. The maximum atomic E-state index is 11.5. The number of hydrogen-bond donors (Lipinski definition) is 1. The Morgan fingerprint density at radius 3 is 2.25 bits per heavy atom. The van der Waals surface area contributed by atoms with E-state index < -0.39 is 5.54 Å². The number of hydrogen-bond acceptors (Lipinski definition) is 3. The Morgan fingerprint density at radius 2 is 1.88 bits per heavy atom. The van der Waals surface area contributed by atoms with Gasteiger partial charge in [-0.3, -0.25) is 10.1 Å². The van der Waals surface area contributed by atoms with Crippen LogP contribution < -0.4 is 5.32 Å². The van der Waals surface area contributed by atoms with Gasteiger partial charge in [-0.05, 0) is 34.6 Å². The van der Waals surface area contributed by atoms with E-state index in [9.17, 15) is 9.59 Å². The van der Waals surface area contributed by atoms with Crippen molar-refractivity contribution >= 4 is 11.9 Å². The molecule has 16 heavy (non-hydrogen) atoms. The van der Waals surface area contributed by atoms with E-state index in [4.69, 9.17) is 4.74 Å². The molecule has 0 radical (unpaired) electrons. The fraction of sp³-hybridized carbons (Fsp3) is 0.818. The van der Waals surface area contributed by atoms with Crippen molar-refractivity contribution in [2.75, 3.05) is 13.2 Å². The maximum absolute atomic E-state index is 11.5. The lowest BCUT2D eigenvalue weighted by Gasteiger charge is -2.29. The summed E-state index contributed by atoms with van der Waals surface area (Å²) in [6.45, 7) is 10.2. The van der Waals surface area contributed by atoms with Gasteiger partial charge in [-0.2, -0.15) is 0 Å². The zero-order valence-electron chi connectivity index (χ0n) is 10.6. The zero-order valence-corrected chi connectivity index (χ0v) is 10.6. The van der Waals surface area contributed by atoms with Gasteiger partial charge in [-0.15, -0.1) is 0 Å². The molecular weight excluding hydrogens is 208 g/mol. The molecule has 92 valence electrons. The van der Waals surface area contributed by atoms with Crippen molar-refractivity contribution in [1.82, 2.24) is 10.2 Å². The molecule has 1 aliphatic heterocycles. The van der Waals surface area contributed by atoms with E-state index in [1.165, 1.54) is 4.90 Å². The van der Waals surface area contributed by atoms with Crippen molar-refractivity contribution in [2.24, 2.45) is 0 Å².